The first-order valence-corrected chi connectivity index (χ1v) is 13.5. The number of halogens is 1. The zero-order valence-electron chi connectivity index (χ0n) is 20.5. The summed E-state index contributed by atoms with van der Waals surface area (Å²) in [7, 11) is 1.33. The Morgan fingerprint density at radius 2 is 1.92 bits per heavy atom. The molecular formula is C27H25IN2O6S. The van der Waals surface area contributed by atoms with Crippen LogP contribution in [0.2, 0.25) is 0 Å². The summed E-state index contributed by atoms with van der Waals surface area (Å²) in [5.74, 6) is -0.391. The SMILES string of the molecule is CCOC(=O)COc1ccc(/C=c2\sc3n(c2=O)[C@@H](c2ccccc2)C(C(=O)OC)=C(CC)N=3)cc1I. The van der Waals surface area contributed by atoms with Crippen LogP contribution >= 0.6 is 33.9 Å². The van der Waals surface area contributed by atoms with E-state index in [0.717, 1.165) is 14.7 Å². The third-order valence-corrected chi connectivity index (χ3v) is 7.50. The lowest BCUT2D eigenvalue weighted by Gasteiger charge is -2.25. The molecule has 10 heteroatoms. The molecule has 0 N–H and O–H groups in total. The van der Waals surface area contributed by atoms with Crippen LogP contribution in [0.5, 0.6) is 5.75 Å². The molecule has 1 atom stereocenters. The van der Waals surface area contributed by atoms with Crippen molar-refractivity contribution in [2.24, 2.45) is 4.99 Å². The number of esters is 2. The van der Waals surface area contributed by atoms with Crippen molar-refractivity contribution in [3.8, 4) is 5.75 Å². The molecule has 0 saturated heterocycles. The summed E-state index contributed by atoms with van der Waals surface area (Å²) in [6, 6.07) is 14.2. The molecule has 4 rings (SSSR count). The number of hydrogen-bond donors (Lipinski definition) is 0. The van der Waals surface area contributed by atoms with Crippen molar-refractivity contribution in [2.45, 2.75) is 26.3 Å². The number of nitrogens with zero attached hydrogens (tertiary/aromatic N) is 2. The minimum absolute atomic E-state index is 0.177. The Labute approximate surface area is 231 Å². The Balaban J connectivity index is 1.78. The van der Waals surface area contributed by atoms with Crippen molar-refractivity contribution in [3.63, 3.8) is 0 Å². The molecule has 0 aliphatic carbocycles. The van der Waals surface area contributed by atoms with Crippen LogP contribution < -0.4 is 19.6 Å². The number of hydrogen-bond acceptors (Lipinski definition) is 8. The molecule has 0 spiro atoms. The number of thiazole rings is 1. The van der Waals surface area contributed by atoms with E-state index >= 15 is 0 Å². The average molecular weight is 632 g/mol. The Hall–Kier alpha value is -3.25. The summed E-state index contributed by atoms with van der Waals surface area (Å²) < 4.78 is 18.4. The van der Waals surface area contributed by atoms with E-state index in [9.17, 15) is 14.4 Å². The molecule has 1 aliphatic heterocycles. The van der Waals surface area contributed by atoms with Gasteiger partial charge in [0.2, 0.25) is 0 Å². The number of benzene rings is 2. The van der Waals surface area contributed by atoms with Crippen LogP contribution in [0.4, 0.5) is 0 Å². The molecule has 0 fully saturated rings. The zero-order chi connectivity index (χ0) is 26.5. The first-order chi connectivity index (χ1) is 17.9. The Morgan fingerprint density at radius 3 is 2.57 bits per heavy atom. The summed E-state index contributed by atoms with van der Waals surface area (Å²) in [5.41, 5.74) is 2.32. The minimum Gasteiger partial charge on any atom is -0.481 e. The molecule has 0 unspecified atom stereocenters. The fraction of sp³-hybridized carbons (Fsp3) is 0.259. The normalized spacial score (nSPS) is 15.1. The monoisotopic (exact) mass is 632 g/mol. The maximum Gasteiger partial charge on any atom is 0.344 e. The van der Waals surface area contributed by atoms with Gasteiger partial charge in [-0.05, 0) is 65.3 Å². The van der Waals surface area contributed by atoms with E-state index in [1.807, 2.05) is 49.4 Å². The number of aromatic nitrogens is 1. The zero-order valence-corrected chi connectivity index (χ0v) is 23.5. The second-order valence-corrected chi connectivity index (χ2v) is 10.2. The Kier molecular flexibility index (Phi) is 8.59. The summed E-state index contributed by atoms with van der Waals surface area (Å²) in [6.45, 7) is 3.78. The second kappa shape index (κ2) is 11.9. The number of fused-ring (bicyclic) bond motifs is 1. The summed E-state index contributed by atoms with van der Waals surface area (Å²) in [5, 5.41) is 0. The molecule has 3 aromatic rings. The van der Waals surface area contributed by atoms with Crippen molar-refractivity contribution in [3.05, 3.63) is 94.2 Å². The van der Waals surface area contributed by atoms with Gasteiger partial charge in [-0.1, -0.05) is 54.7 Å². The second-order valence-electron chi connectivity index (χ2n) is 7.98. The van der Waals surface area contributed by atoms with Gasteiger partial charge >= 0.3 is 11.9 Å². The predicted octanol–water partition coefficient (Wildman–Crippen LogP) is 3.34. The van der Waals surface area contributed by atoms with E-state index in [1.54, 1.807) is 23.6 Å². The lowest BCUT2D eigenvalue weighted by Crippen LogP contribution is -2.40. The highest BCUT2D eigenvalue weighted by Gasteiger charge is 2.33. The predicted molar refractivity (Wildman–Crippen MR) is 148 cm³/mol. The van der Waals surface area contributed by atoms with Crippen molar-refractivity contribution >= 4 is 51.9 Å². The fourth-order valence-electron chi connectivity index (χ4n) is 4.03. The number of ether oxygens (including phenoxy) is 3. The van der Waals surface area contributed by atoms with E-state index in [1.165, 1.54) is 18.4 Å². The van der Waals surface area contributed by atoms with Gasteiger partial charge in [-0.3, -0.25) is 9.36 Å². The highest BCUT2D eigenvalue weighted by Crippen LogP contribution is 2.31. The third-order valence-electron chi connectivity index (χ3n) is 5.67. The van der Waals surface area contributed by atoms with Crippen LogP contribution in [0.25, 0.3) is 6.08 Å². The van der Waals surface area contributed by atoms with E-state index in [2.05, 4.69) is 27.6 Å². The third kappa shape index (κ3) is 5.69. The van der Waals surface area contributed by atoms with Gasteiger partial charge in [0.15, 0.2) is 11.4 Å². The van der Waals surface area contributed by atoms with Crippen molar-refractivity contribution in [1.82, 2.24) is 4.57 Å². The molecule has 2 aromatic carbocycles. The maximum absolute atomic E-state index is 13.7. The highest BCUT2D eigenvalue weighted by molar-refractivity contribution is 14.1. The first-order valence-electron chi connectivity index (χ1n) is 11.6. The molecule has 1 aliphatic rings. The van der Waals surface area contributed by atoms with Gasteiger partial charge in [0.1, 0.15) is 5.75 Å². The van der Waals surface area contributed by atoms with Crippen LogP contribution in [0, 0.1) is 3.57 Å². The van der Waals surface area contributed by atoms with Crippen LogP contribution in [0.15, 0.2) is 69.6 Å². The molecular weight excluding hydrogens is 607 g/mol. The van der Waals surface area contributed by atoms with Gasteiger partial charge in [-0.2, -0.15) is 0 Å². The molecule has 1 aromatic heterocycles. The standard InChI is InChI=1S/C27H25IN2O6S/c1-4-19-23(26(33)34-3)24(17-9-7-6-8-10-17)30-25(32)21(37-27(30)29-19)14-16-11-12-20(18(28)13-16)36-15-22(31)35-5-2/h6-14,24H,4-5,15H2,1-3H3/b21-14-/t24-/m0/s1. The van der Waals surface area contributed by atoms with Crippen LogP contribution in [-0.4, -0.2) is 36.8 Å². The fourth-order valence-corrected chi connectivity index (χ4v) is 5.74. The van der Waals surface area contributed by atoms with Crippen molar-refractivity contribution in [1.29, 1.82) is 0 Å². The molecule has 192 valence electrons. The van der Waals surface area contributed by atoms with Gasteiger partial charge in [0.05, 0.1) is 39.1 Å². The molecule has 37 heavy (non-hydrogen) atoms. The van der Waals surface area contributed by atoms with Gasteiger partial charge in [-0.25, -0.2) is 14.6 Å². The van der Waals surface area contributed by atoms with E-state index in [4.69, 9.17) is 14.2 Å². The van der Waals surface area contributed by atoms with Gasteiger partial charge in [0.25, 0.3) is 5.56 Å². The molecule has 8 nitrogen and oxygen atoms in total. The number of carbonyl (C=O) groups is 2. The smallest absolute Gasteiger partial charge is 0.344 e. The summed E-state index contributed by atoms with van der Waals surface area (Å²) in [4.78, 5) is 43.3. The quantitative estimate of drug-likeness (QED) is 0.280. The number of methoxy groups -OCH3 is 1. The topological polar surface area (TPSA) is 96.2 Å². The van der Waals surface area contributed by atoms with Crippen molar-refractivity contribution in [2.75, 3.05) is 20.3 Å². The van der Waals surface area contributed by atoms with Gasteiger partial charge < -0.3 is 14.2 Å². The van der Waals surface area contributed by atoms with Crippen molar-refractivity contribution < 1.29 is 23.8 Å². The first kappa shape index (κ1) is 26.8. The van der Waals surface area contributed by atoms with E-state index in [0.29, 0.717) is 39.4 Å². The van der Waals surface area contributed by atoms with Crippen LogP contribution in [0.3, 0.4) is 0 Å². The number of rotatable bonds is 8. The van der Waals surface area contributed by atoms with E-state index in [-0.39, 0.29) is 12.2 Å². The van der Waals surface area contributed by atoms with Crippen LogP contribution in [-0.2, 0) is 19.1 Å². The van der Waals surface area contributed by atoms with E-state index < -0.39 is 18.0 Å². The maximum atomic E-state index is 13.7. The molecule has 0 radical (unpaired) electrons. The molecule has 0 bridgehead atoms. The van der Waals surface area contributed by atoms with Gasteiger partial charge in [-0.15, -0.1) is 0 Å². The van der Waals surface area contributed by atoms with Gasteiger partial charge in [0, 0.05) is 0 Å². The summed E-state index contributed by atoms with van der Waals surface area (Å²) in [6.07, 6.45) is 2.31. The molecule has 0 amide bonds. The summed E-state index contributed by atoms with van der Waals surface area (Å²) >= 11 is 3.39. The average Bonchev–Trinajstić information content (AvgIpc) is 3.21. The molecule has 0 saturated carbocycles. The Morgan fingerprint density at radius 1 is 1.16 bits per heavy atom. The largest absolute Gasteiger partial charge is 0.481 e. The minimum atomic E-state index is -0.638. The number of carbonyl (C=O) groups excluding carboxylic acids is 2. The number of allylic oxidation sites excluding steroid dienone is 1. The lowest BCUT2D eigenvalue weighted by atomic mass is 9.95. The Bertz CT molecular complexity index is 1540. The lowest BCUT2D eigenvalue weighted by molar-refractivity contribution is -0.145. The highest BCUT2D eigenvalue weighted by atomic mass is 127. The molecule has 2 heterocycles. The van der Waals surface area contributed by atoms with Crippen LogP contribution in [0.1, 0.15) is 37.4 Å².